The zero-order valence-electron chi connectivity index (χ0n) is 9.49. The third kappa shape index (κ3) is 1.78. The number of hydrogen-bond acceptors (Lipinski definition) is 6. The molecule has 19 heavy (non-hydrogen) atoms. The number of aromatic nitrogens is 4. The number of fused-ring (bicyclic) bond motifs is 1. The number of rotatable bonds is 1. The van der Waals surface area contributed by atoms with Crippen molar-refractivity contribution in [2.75, 3.05) is 5.73 Å². The van der Waals surface area contributed by atoms with Gasteiger partial charge in [0.2, 0.25) is 0 Å². The Morgan fingerprint density at radius 1 is 1.42 bits per heavy atom. The van der Waals surface area contributed by atoms with E-state index in [9.17, 15) is 13.9 Å². The van der Waals surface area contributed by atoms with Gasteiger partial charge < -0.3 is 15.6 Å². The molecule has 2 aromatic rings. The molecule has 0 aliphatic carbocycles. The number of anilines is 1. The van der Waals surface area contributed by atoms with Gasteiger partial charge >= 0.3 is 6.08 Å². The molecule has 1 fully saturated rings. The van der Waals surface area contributed by atoms with Crippen molar-refractivity contribution in [2.45, 2.75) is 18.8 Å². The molecule has 100 valence electrons. The maximum atomic E-state index is 12.5. The van der Waals surface area contributed by atoms with Crippen LogP contribution in [0.4, 0.5) is 14.6 Å². The molecule has 3 N–H and O–H groups in total. The van der Waals surface area contributed by atoms with E-state index in [1.54, 1.807) is 0 Å². The maximum Gasteiger partial charge on any atom is 0.310 e. The largest absolute Gasteiger partial charge is 0.466 e. The first-order valence-electron chi connectivity index (χ1n) is 5.41. The molecule has 0 bridgehead atoms. The first-order valence-corrected chi connectivity index (χ1v) is 5.41. The molecule has 0 radical (unpaired) electrons. The van der Waals surface area contributed by atoms with Gasteiger partial charge in [0.25, 0.3) is 0 Å². The first-order chi connectivity index (χ1) is 9.08. The normalized spacial score (nSPS) is 22.8. The van der Waals surface area contributed by atoms with Crippen molar-refractivity contribution < 1.29 is 18.6 Å². The van der Waals surface area contributed by atoms with E-state index < -0.39 is 24.2 Å². The molecule has 3 heterocycles. The van der Waals surface area contributed by atoms with Gasteiger partial charge in [-0.1, -0.05) is 0 Å². The Labute approximate surface area is 105 Å². The Morgan fingerprint density at radius 2 is 2.21 bits per heavy atom. The minimum Gasteiger partial charge on any atom is -0.466 e. The number of nitrogens with zero attached hydrogens (tertiary/aromatic N) is 4. The minimum atomic E-state index is -2.03. The lowest BCUT2D eigenvalue weighted by molar-refractivity contribution is 0.0884. The molecule has 1 aliphatic heterocycles. The Bertz CT molecular complexity index is 667. The van der Waals surface area contributed by atoms with Crippen LogP contribution in [0.2, 0.25) is 0 Å². The molecule has 0 amide bonds. The van der Waals surface area contributed by atoms with Gasteiger partial charge in [-0.2, -0.15) is 8.78 Å². The van der Waals surface area contributed by atoms with Gasteiger partial charge in [0.05, 0.1) is 0 Å². The van der Waals surface area contributed by atoms with E-state index in [1.807, 2.05) is 0 Å². The summed E-state index contributed by atoms with van der Waals surface area (Å²) >= 11 is 0. The number of aliphatic hydroxyl groups is 1. The number of imidazole rings is 1. The standard InChI is InChI=1S/C10H9F2N5O2/c11-8(12)7-4(18)1-5(19-7)17-3-16-6-9(13)14-2-15-10(6)17/h2-5,18H,1H2,(H2,13,14,15)/t4?,5-/m1/s1. The highest BCUT2D eigenvalue weighted by Gasteiger charge is 2.35. The fraction of sp³-hybridized carbons (Fsp3) is 0.300. The molecular formula is C10H9F2N5O2. The lowest BCUT2D eigenvalue weighted by Gasteiger charge is -2.11. The fourth-order valence-corrected chi connectivity index (χ4v) is 1.99. The predicted molar refractivity (Wildman–Crippen MR) is 59.7 cm³/mol. The Balaban J connectivity index is 2.03. The van der Waals surface area contributed by atoms with Gasteiger partial charge in [-0.05, 0) is 0 Å². The van der Waals surface area contributed by atoms with Crippen LogP contribution in [0.1, 0.15) is 12.6 Å². The third-order valence-electron chi connectivity index (χ3n) is 2.87. The topological polar surface area (TPSA) is 99.1 Å². The first kappa shape index (κ1) is 11.8. The van der Waals surface area contributed by atoms with E-state index in [2.05, 4.69) is 15.0 Å². The highest BCUT2D eigenvalue weighted by Crippen LogP contribution is 2.35. The number of aliphatic hydroxyl groups excluding tert-OH is 1. The molecule has 3 rings (SSSR count). The monoisotopic (exact) mass is 269 g/mol. The van der Waals surface area contributed by atoms with Crippen LogP contribution in [0.25, 0.3) is 11.2 Å². The van der Waals surface area contributed by atoms with Crippen LogP contribution in [0, 0.1) is 0 Å². The van der Waals surface area contributed by atoms with Crippen molar-refractivity contribution in [1.82, 2.24) is 19.5 Å². The zero-order valence-corrected chi connectivity index (χ0v) is 9.49. The van der Waals surface area contributed by atoms with Crippen molar-refractivity contribution in [2.24, 2.45) is 0 Å². The van der Waals surface area contributed by atoms with Gasteiger partial charge in [0, 0.05) is 6.42 Å². The number of hydrogen-bond donors (Lipinski definition) is 2. The highest BCUT2D eigenvalue weighted by atomic mass is 19.3. The average Bonchev–Trinajstić information content (AvgIpc) is 2.93. The van der Waals surface area contributed by atoms with Gasteiger partial charge in [-0.3, -0.25) is 4.57 Å². The van der Waals surface area contributed by atoms with Gasteiger partial charge in [-0.15, -0.1) is 0 Å². The van der Waals surface area contributed by atoms with Crippen LogP contribution < -0.4 is 5.73 Å². The number of halogens is 2. The van der Waals surface area contributed by atoms with Crippen LogP contribution in [0.5, 0.6) is 0 Å². The van der Waals surface area contributed by atoms with Gasteiger partial charge in [0.1, 0.15) is 24.3 Å². The van der Waals surface area contributed by atoms with E-state index in [1.165, 1.54) is 17.2 Å². The minimum absolute atomic E-state index is 0.0119. The summed E-state index contributed by atoms with van der Waals surface area (Å²) in [6.45, 7) is 0. The SMILES string of the molecule is Nc1ncnc2c1ncn2[C@H]1CC(O)C(=C(F)F)O1. The Hall–Kier alpha value is -2.29. The second-order valence-corrected chi connectivity index (χ2v) is 4.03. The summed E-state index contributed by atoms with van der Waals surface area (Å²) in [5.41, 5.74) is 6.35. The molecule has 1 saturated heterocycles. The number of nitrogen functional groups attached to an aromatic ring is 1. The molecule has 0 saturated carbocycles. The summed E-state index contributed by atoms with van der Waals surface area (Å²) in [7, 11) is 0. The van der Waals surface area contributed by atoms with Crippen molar-refractivity contribution in [3.63, 3.8) is 0 Å². The van der Waals surface area contributed by atoms with Gasteiger partial charge in [-0.25, -0.2) is 15.0 Å². The quantitative estimate of drug-likeness (QED) is 0.794. The second-order valence-electron chi connectivity index (χ2n) is 4.03. The molecule has 0 spiro atoms. The van der Waals surface area contributed by atoms with Crippen molar-refractivity contribution in [3.05, 3.63) is 24.5 Å². The summed E-state index contributed by atoms with van der Waals surface area (Å²) in [5.74, 6) is -0.524. The second kappa shape index (κ2) is 4.12. The highest BCUT2D eigenvalue weighted by molar-refractivity contribution is 5.81. The third-order valence-corrected chi connectivity index (χ3v) is 2.87. The molecule has 1 aliphatic rings. The van der Waals surface area contributed by atoms with Crippen molar-refractivity contribution in [1.29, 1.82) is 0 Å². The summed E-state index contributed by atoms with van der Waals surface area (Å²) in [6.07, 6.45) is -1.58. The Morgan fingerprint density at radius 3 is 2.89 bits per heavy atom. The van der Waals surface area contributed by atoms with Crippen LogP contribution in [0.15, 0.2) is 24.5 Å². The molecule has 1 unspecified atom stereocenters. The van der Waals surface area contributed by atoms with Crippen molar-refractivity contribution in [3.8, 4) is 0 Å². The summed E-state index contributed by atoms with van der Waals surface area (Å²) in [5, 5.41) is 9.50. The lowest BCUT2D eigenvalue weighted by Crippen LogP contribution is -2.08. The fourth-order valence-electron chi connectivity index (χ4n) is 1.99. The van der Waals surface area contributed by atoms with Crippen LogP contribution in [-0.4, -0.2) is 30.7 Å². The molecule has 2 atom stereocenters. The van der Waals surface area contributed by atoms with Crippen molar-refractivity contribution >= 4 is 17.0 Å². The molecule has 7 nitrogen and oxygen atoms in total. The van der Waals surface area contributed by atoms with E-state index in [-0.39, 0.29) is 12.2 Å². The smallest absolute Gasteiger partial charge is 0.310 e. The Kier molecular flexibility index (Phi) is 2.56. The van der Waals surface area contributed by atoms with E-state index in [4.69, 9.17) is 10.5 Å². The maximum absolute atomic E-state index is 12.5. The molecule has 0 aromatic carbocycles. The molecule has 9 heteroatoms. The number of nitrogens with two attached hydrogens (primary N) is 1. The average molecular weight is 269 g/mol. The molecule has 2 aromatic heterocycles. The summed E-state index contributed by atoms with van der Waals surface area (Å²) in [6, 6.07) is 0. The van der Waals surface area contributed by atoms with Crippen LogP contribution in [0.3, 0.4) is 0 Å². The van der Waals surface area contributed by atoms with Crippen LogP contribution in [-0.2, 0) is 4.74 Å². The zero-order chi connectivity index (χ0) is 13.6. The predicted octanol–water partition coefficient (Wildman–Crippen LogP) is 0.796. The lowest BCUT2D eigenvalue weighted by atomic mass is 10.2. The molecular weight excluding hydrogens is 260 g/mol. The van der Waals surface area contributed by atoms with Gasteiger partial charge in [0.15, 0.2) is 23.5 Å². The number of ether oxygens (including phenoxy) is 1. The van der Waals surface area contributed by atoms with E-state index in [0.29, 0.717) is 11.2 Å². The summed E-state index contributed by atoms with van der Waals surface area (Å²) in [4.78, 5) is 11.8. The van der Waals surface area contributed by atoms with E-state index in [0.717, 1.165) is 0 Å². The summed E-state index contributed by atoms with van der Waals surface area (Å²) < 4.78 is 31.5. The van der Waals surface area contributed by atoms with Crippen LogP contribution >= 0.6 is 0 Å². The van der Waals surface area contributed by atoms with E-state index >= 15 is 0 Å².